The molecule has 0 bridgehead atoms. The third-order valence-corrected chi connectivity index (χ3v) is 0.845. The van der Waals surface area contributed by atoms with E-state index in [9.17, 15) is 0 Å². The van der Waals surface area contributed by atoms with Gasteiger partial charge in [-0.3, -0.25) is 0 Å². The average Bonchev–Trinajstić information content (AvgIpc) is 2.02. The van der Waals surface area contributed by atoms with Gasteiger partial charge in [0.15, 0.2) is 0 Å². The molecule has 0 aliphatic carbocycles. The predicted molar refractivity (Wildman–Crippen MR) is 46.4 cm³/mol. The second-order valence-corrected chi connectivity index (χ2v) is 1.72. The second kappa shape index (κ2) is 16.0. The van der Waals surface area contributed by atoms with Crippen LogP contribution in [0.1, 0.15) is 27.2 Å². The van der Waals surface area contributed by atoms with Crippen molar-refractivity contribution in [3.8, 4) is 0 Å². The Morgan fingerprint density at radius 3 is 2.20 bits per heavy atom. The van der Waals surface area contributed by atoms with Crippen LogP contribution in [0.4, 0.5) is 0 Å². The zero-order valence-electron chi connectivity index (χ0n) is 7.74. The van der Waals surface area contributed by atoms with E-state index in [1.165, 1.54) is 0 Å². The Hall–Kier alpha value is -0.0800. The first-order valence-electron chi connectivity index (χ1n) is 4.14. The van der Waals surface area contributed by atoms with Crippen molar-refractivity contribution in [1.29, 1.82) is 0 Å². The summed E-state index contributed by atoms with van der Waals surface area (Å²) in [4.78, 5) is 0. The van der Waals surface area contributed by atoms with Gasteiger partial charge < -0.3 is 10.1 Å². The molecule has 0 saturated carbocycles. The lowest BCUT2D eigenvalue weighted by atomic mass is 10.5. The van der Waals surface area contributed by atoms with E-state index in [0.29, 0.717) is 0 Å². The maximum absolute atomic E-state index is 5.16. The van der Waals surface area contributed by atoms with Gasteiger partial charge in [0, 0.05) is 13.2 Å². The van der Waals surface area contributed by atoms with Crippen molar-refractivity contribution < 1.29 is 4.74 Å². The van der Waals surface area contributed by atoms with E-state index in [2.05, 4.69) is 12.2 Å². The van der Waals surface area contributed by atoms with Crippen LogP contribution in [0.2, 0.25) is 0 Å². The van der Waals surface area contributed by atoms with Gasteiger partial charge in [0.2, 0.25) is 0 Å². The summed E-state index contributed by atoms with van der Waals surface area (Å²) in [6, 6.07) is 0. The predicted octanol–water partition coefficient (Wildman–Crippen LogP) is 1.66. The number of rotatable bonds is 5. The fourth-order valence-corrected chi connectivity index (χ4v) is 0.421. The van der Waals surface area contributed by atoms with Gasteiger partial charge in [-0.2, -0.15) is 0 Å². The van der Waals surface area contributed by atoms with Crippen LogP contribution in [0.25, 0.3) is 0 Å². The highest BCUT2D eigenvalue weighted by molar-refractivity contribution is 4.34. The molecule has 0 saturated heterocycles. The number of nitrogens with one attached hydrogen (secondary N) is 1. The molecule has 2 nitrogen and oxygen atoms in total. The fraction of sp³-hybridized carbons (Fsp3) is 1.00. The molecule has 0 aliphatic rings. The van der Waals surface area contributed by atoms with Gasteiger partial charge in [-0.25, -0.2) is 0 Å². The number of hydrogen-bond acceptors (Lipinski definition) is 2. The molecule has 0 spiro atoms. The molecule has 10 heavy (non-hydrogen) atoms. The van der Waals surface area contributed by atoms with Gasteiger partial charge in [0.05, 0.1) is 6.61 Å². The van der Waals surface area contributed by atoms with Crippen LogP contribution in [0.3, 0.4) is 0 Å². The molecule has 0 aromatic rings. The fourth-order valence-electron chi connectivity index (χ4n) is 0.421. The van der Waals surface area contributed by atoms with E-state index in [-0.39, 0.29) is 0 Å². The number of likely N-dealkylation sites (N-methyl/N-ethyl adjacent to an activating group) is 1. The van der Waals surface area contributed by atoms with Gasteiger partial charge in [-0.05, 0) is 13.5 Å². The standard InChI is InChI=1S/C6H15NO.C2H6/c1-3-5-8-6-4-7-2;1-2/h7H,3-6H2,1-2H3;1-2H3. The molecule has 0 amide bonds. The van der Waals surface area contributed by atoms with Crippen molar-refractivity contribution in [2.45, 2.75) is 27.2 Å². The smallest absolute Gasteiger partial charge is 0.0590 e. The van der Waals surface area contributed by atoms with Crippen molar-refractivity contribution in [2.75, 3.05) is 26.8 Å². The lowest BCUT2D eigenvalue weighted by Gasteiger charge is -1.98. The Morgan fingerprint density at radius 2 is 1.80 bits per heavy atom. The summed E-state index contributed by atoms with van der Waals surface area (Å²) in [5.74, 6) is 0. The largest absolute Gasteiger partial charge is 0.380 e. The maximum atomic E-state index is 5.16. The van der Waals surface area contributed by atoms with Crippen LogP contribution in [0, 0.1) is 0 Å². The average molecular weight is 147 g/mol. The van der Waals surface area contributed by atoms with Crippen molar-refractivity contribution in [3.63, 3.8) is 0 Å². The first kappa shape index (κ1) is 12.6. The molecule has 0 aromatic carbocycles. The molecule has 0 aromatic heterocycles. The third-order valence-electron chi connectivity index (χ3n) is 0.845. The molecule has 2 heteroatoms. The molecule has 0 heterocycles. The van der Waals surface area contributed by atoms with E-state index in [0.717, 1.165) is 26.2 Å². The van der Waals surface area contributed by atoms with Crippen LogP contribution in [-0.4, -0.2) is 26.8 Å². The molecule has 0 unspecified atom stereocenters. The van der Waals surface area contributed by atoms with Gasteiger partial charge in [0.25, 0.3) is 0 Å². The quantitative estimate of drug-likeness (QED) is 0.597. The summed E-state index contributed by atoms with van der Waals surface area (Å²) in [5.41, 5.74) is 0. The molecule has 0 aliphatic heterocycles. The summed E-state index contributed by atoms with van der Waals surface area (Å²) in [6.45, 7) is 8.80. The molecule has 0 radical (unpaired) electrons. The summed E-state index contributed by atoms with van der Waals surface area (Å²) >= 11 is 0. The van der Waals surface area contributed by atoms with Gasteiger partial charge in [0.1, 0.15) is 0 Å². The van der Waals surface area contributed by atoms with Crippen molar-refractivity contribution >= 4 is 0 Å². The first-order chi connectivity index (χ1) is 4.91. The highest BCUT2D eigenvalue weighted by atomic mass is 16.5. The van der Waals surface area contributed by atoms with Crippen LogP contribution in [-0.2, 0) is 4.74 Å². The normalized spacial score (nSPS) is 8.40. The Bertz CT molecular complexity index is 34.2. The summed E-state index contributed by atoms with van der Waals surface area (Å²) in [7, 11) is 1.93. The van der Waals surface area contributed by atoms with E-state index < -0.39 is 0 Å². The molecule has 0 atom stereocenters. The van der Waals surface area contributed by atoms with Crippen molar-refractivity contribution in [3.05, 3.63) is 0 Å². The number of ether oxygens (including phenoxy) is 1. The van der Waals surface area contributed by atoms with Crippen molar-refractivity contribution in [1.82, 2.24) is 5.32 Å². The molecule has 0 fully saturated rings. The molecular weight excluding hydrogens is 126 g/mol. The lowest BCUT2D eigenvalue weighted by molar-refractivity contribution is 0.138. The van der Waals surface area contributed by atoms with E-state index in [1.807, 2.05) is 20.9 Å². The van der Waals surface area contributed by atoms with Crippen LogP contribution in [0.15, 0.2) is 0 Å². The first-order valence-corrected chi connectivity index (χ1v) is 4.14. The third kappa shape index (κ3) is 15.7. The van der Waals surface area contributed by atoms with Gasteiger partial charge in [-0.15, -0.1) is 0 Å². The topological polar surface area (TPSA) is 21.3 Å². The second-order valence-electron chi connectivity index (χ2n) is 1.72. The van der Waals surface area contributed by atoms with Crippen LogP contribution in [0.5, 0.6) is 0 Å². The van der Waals surface area contributed by atoms with Crippen LogP contribution >= 0.6 is 0 Å². The van der Waals surface area contributed by atoms with Gasteiger partial charge in [-0.1, -0.05) is 20.8 Å². The lowest BCUT2D eigenvalue weighted by Crippen LogP contribution is -2.14. The minimum absolute atomic E-state index is 0.838. The minimum Gasteiger partial charge on any atom is -0.380 e. The van der Waals surface area contributed by atoms with Gasteiger partial charge >= 0.3 is 0 Å². The highest BCUT2D eigenvalue weighted by Crippen LogP contribution is 1.76. The maximum Gasteiger partial charge on any atom is 0.0590 e. The Kier molecular flexibility index (Phi) is 20.1. The molecule has 1 N–H and O–H groups in total. The summed E-state index contributed by atoms with van der Waals surface area (Å²) in [6.07, 6.45) is 1.11. The zero-order chi connectivity index (χ0) is 8.24. The monoisotopic (exact) mass is 147 g/mol. The SMILES string of the molecule is CC.CCCOCCNC. The van der Waals surface area contributed by atoms with Crippen molar-refractivity contribution in [2.24, 2.45) is 0 Å². The Labute approximate surface area is 65.0 Å². The highest BCUT2D eigenvalue weighted by Gasteiger charge is 1.80. The van der Waals surface area contributed by atoms with E-state index >= 15 is 0 Å². The molecule has 64 valence electrons. The summed E-state index contributed by atoms with van der Waals surface area (Å²) in [5, 5.41) is 3.00. The number of hydrogen-bond donors (Lipinski definition) is 1. The van der Waals surface area contributed by atoms with E-state index in [1.54, 1.807) is 0 Å². The zero-order valence-corrected chi connectivity index (χ0v) is 7.74. The van der Waals surface area contributed by atoms with E-state index in [4.69, 9.17) is 4.74 Å². The molecular formula is C8H21NO. The minimum atomic E-state index is 0.838. The Balaban J connectivity index is 0. The molecule has 0 rings (SSSR count). The van der Waals surface area contributed by atoms with Crippen LogP contribution < -0.4 is 5.32 Å². The Morgan fingerprint density at radius 1 is 1.20 bits per heavy atom. The summed E-state index contributed by atoms with van der Waals surface area (Å²) < 4.78 is 5.16.